The van der Waals surface area contributed by atoms with Crippen LogP contribution in [0.5, 0.6) is 0 Å². The third-order valence-electron chi connectivity index (χ3n) is 9.64. The molecule has 1 heterocycles. The Morgan fingerprint density at radius 2 is 1.00 bits per heavy atom. The van der Waals surface area contributed by atoms with Crippen molar-refractivity contribution in [1.29, 1.82) is 0 Å². The van der Waals surface area contributed by atoms with E-state index in [1.807, 2.05) is 18.2 Å². The van der Waals surface area contributed by atoms with Crippen LogP contribution >= 0.6 is 0 Å². The van der Waals surface area contributed by atoms with Crippen LogP contribution in [-0.4, -0.2) is 4.57 Å². The first-order valence-electron chi connectivity index (χ1n) is 17.2. The third kappa shape index (κ3) is 5.55. The van der Waals surface area contributed by atoms with Crippen LogP contribution in [0.4, 0.5) is 21.5 Å². The molecule has 1 aromatic heterocycles. The molecule has 242 valence electrons. The Morgan fingerprint density at radius 3 is 1.73 bits per heavy atom. The fraction of sp³-hybridized carbons (Fsp3) is 0. The number of hydrogen-bond donors (Lipinski definition) is 0. The number of fused-ring (bicyclic) bond motifs is 2. The number of halogens is 1. The number of aromatic nitrogens is 1. The SMILES string of the molecule is Fc1ccc(-n2c(-c3ccccc3)c(-c3ccccc3)c3cc(-c4ccc(N(c5ccccc5)c5cccc6ccccc56)cc4)ccc32)cc1. The van der Waals surface area contributed by atoms with Crippen LogP contribution in [0.25, 0.3) is 60.9 Å². The molecule has 0 aliphatic rings. The summed E-state index contributed by atoms with van der Waals surface area (Å²) in [6.45, 7) is 0. The predicted molar refractivity (Wildman–Crippen MR) is 212 cm³/mol. The van der Waals surface area contributed by atoms with Gasteiger partial charge in [-0.2, -0.15) is 0 Å². The van der Waals surface area contributed by atoms with E-state index in [0.29, 0.717) is 0 Å². The molecule has 0 unspecified atom stereocenters. The van der Waals surface area contributed by atoms with Gasteiger partial charge >= 0.3 is 0 Å². The lowest BCUT2D eigenvalue weighted by Gasteiger charge is -2.27. The van der Waals surface area contributed by atoms with Gasteiger partial charge in [0.15, 0.2) is 0 Å². The van der Waals surface area contributed by atoms with Crippen LogP contribution in [0.3, 0.4) is 0 Å². The smallest absolute Gasteiger partial charge is 0.123 e. The number of nitrogens with zero attached hydrogens (tertiary/aromatic N) is 2. The monoisotopic (exact) mass is 656 g/mol. The molecule has 9 rings (SSSR count). The third-order valence-corrected chi connectivity index (χ3v) is 9.64. The summed E-state index contributed by atoms with van der Waals surface area (Å²) in [5.41, 5.74) is 12.0. The Labute approximate surface area is 296 Å². The molecule has 0 radical (unpaired) electrons. The molecule has 0 bridgehead atoms. The standard InChI is InChI=1S/C48H33FN2/c49-39-26-30-42(31-27-39)51-46-32-25-38(33-44(46)47(36-14-4-1-5-15-36)48(51)37-16-6-2-7-17-37)34-23-28-41(29-24-34)50(40-19-8-3-9-20-40)45-22-12-18-35-13-10-11-21-43(35)45/h1-33H. The van der Waals surface area contributed by atoms with E-state index in [9.17, 15) is 4.39 Å². The summed E-state index contributed by atoms with van der Waals surface area (Å²) in [5.74, 6) is -0.253. The van der Waals surface area contributed by atoms with Crippen molar-refractivity contribution in [2.24, 2.45) is 0 Å². The second-order valence-corrected chi connectivity index (χ2v) is 12.7. The second kappa shape index (κ2) is 13.0. The minimum Gasteiger partial charge on any atom is -0.310 e. The van der Waals surface area contributed by atoms with Crippen molar-refractivity contribution >= 4 is 38.7 Å². The average molecular weight is 657 g/mol. The molecule has 0 atom stereocenters. The lowest BCUT2D eigenvalue weighted by atomic mass is 9.96. The minimum atomic E-state index is -0.253. The highest BCUT2D eigenvalue weighted by Crippen LogP contribution is 2.45. The summed E-state index contributed by atoms with van der Waals surface area (Å²) in [4.78, 5) is 2.33. The fourth-order valence-corrected chi connectivity index (χ4v) is 7.31. The molecule has 51 heavy (non-hydrogen) atoms. The topological polar surface area (TPSA) is 8.17 Å². The van der Waals surface area contributed by atoms with Gasteiger partial charge in [-0.15, -0.1) is 0 Å². The predicted octanol–water partition coefficient (Wildman–Crippen LogP) is 13.4. The Kier molecular flexibility index (Phi) is 7.71. The molecule has 0 aliphatic heterocycles. The van der Waals surface area contributed by atoms with Gasteiger partial charge in [-0.1, -0.05) is 133 Å². The molecule has 2 nitrogen and oxygen atoms in total. The molecule has 0 N–H and O–H groups in total. The van der Waals surface area contributed by atoms with E-state index in [-0.39, 0.29) is 5.82 Å². The Bertz CT molecular complexity index is 2600. The average Bonchev–Trinajstić information content (AvgIpc) is 3.54. The van der Waals surface area contributed by atoms with Crippen molar-refractivity contribution in [2.75, 3.05) is 4.90 Å². The fourth-order valence-electron chi connectivity index (χ4n) is 7.31. The molecular formula is C48H33FN2. The van der Waals surface area contributed by atoms with Crippen molar-refractivity contribution < 1.29 is 4.39 Å². The molecule has 8 aromatic carbocycles. The maximum atomic E-state index is 14.2. The second-order valence-electron chi connectivity index (χ2n) is 12.7. The van der Waals surface area contributed by atoms with Crippen LogP contribution < -0.4 is 4.90 Å². The van der Waals surface area contributed by atoms with Crippen molar-refractivity contribution in [3.63, 3.8) is 0 Å². The van der Waals surface area contributed by atoms with Crippen LogP contribution in [0.15, 0.2) is 200 Å². The lowest BCUT2D eigenvalue weighted by molar-refractivity contribution is 0.627. The van der Waals surface area contributed by atoms with E-state index in [1.54, 1.807) is 0 Å². The van der Waals surface area contributed by atoms with Crippen molar-refractivity contribution in [3.8, 4) is 39.2 Å². The highest BCUT2D eigenvalue weighted by molar-refractivity contribution is 6.07. The minimum absolute atomic E-state index is 0.253. The van der Waals surface area contributed by atoms with Gasteiger partial charge in [-0.3, -0.25) is 0 Å². The van der Waals surface area contributed by atoms with Crippen LogP contribution in [0.2, 0.25) is 0 Å². The molecule has 0 aliphatic carbocycles. The first kappa shape index (κ1) is 30.4. The Hall–Kier alpha value is -6.71. The van der Waals surface area contributed by atoms with Gasteiger partial charge in [0.2, 0.25) is 0 Å². The summed E-state index contributed by atoms with van der Waals surface area (Å²) in [5, 5.41) is 3.54. The van der Waals surface area contributed by atoms with Crippen LogP contribution in [-0.2, 0) is 0 Å². The van der Waals surface area contributed by atoms with Gasteiger partial charge < -0.3 is 9.47 Å². The first-order chi connectivity index (χ1) is 25.2. The van der Waals surface area contributed by atoms with E-state index in [0.717, 1.165) is 67.2 Å². The maximum absolute atomic E-state index is 14.2. The summed E-state index contributed by atoms with van der Waals surface area (Å²) in [7, 11) is 0. The molecule has 0 amide bonds. The molecule has 0 spiro atoms. The number of hydrogen-bond acceptors (Lipinski definition) is 1. The van der Waals surface area contributed by atoms with Crippen LogP contribution in [0.1, 0.15) is 0 Å². The summed E-state index contributed by atoms with van der Waals surface area (Å²) in [6, 6.07) is 69.0. The highest BCUT2D eigenvalue weighted by Gasteiger charge is 2.22. The molecule has 0 saturated heterocycles. The molecule has 0 saturated carbocycles. The van der Waals surface area contributed by atoms with E-state index in [2.05, 4.69) is 179 Å². The highest BCUT2D eigenvalue weighted by atomic mass is 19.1. The van der Waals surface area contributed by atoms with Crippen LogP contribution in [0, 0.1) is 5.82 Å². The number of anilines is 3. The summed E-state index contributed by atoms with van der Waals surface area (Å²) >= 11 is 0. The zero-order chi connectivity index (χ0) is 34.1. The van der Waals surface area contributed by atoms with Gasteiger partial charge in [-0.05, 0) is 94.4 Å². The van der Waals surface area contributed by atoms with E-state index in [1.165, 1.54) is 22.9 Å². The van der Waals surface area contributed by atoms with E-state index >= 15 is 0 Å². The molecule has 0 fully saturated rings. The molecule has 3 heteroatoms. The number of rotatable bonds is 7. The summed E-state index contributed by atoms with van der Waals surface area (Å²) < 4.78 is 16.4. The molecule has 9 aromatic rings. The van der Waals surface area contributed by atoms with Crippen molar-refractivity contribution in [1.82, 2.24) is 4.57 Å². The largest absolute Gasteiger partial charge is 0.310 e. The first-order valence-corrected chi connectivity index (χ1v) is 17.2. The van der Waals surface area contributed by atoms with E-state index < -0.39 is 0 Å². The number of benzene rings is 8. The van der Waals surface area contributed by atoms with Gasteiger partial charge in [0.25, 0.3) is 0 Å². The van der Waals surface area contributed by atoms with Gasteiger partial charge in [-0.25, -0.2) is 4.39 Å². The Morgan fingerprint density at radius 1 is 0.412 bits per heavy atom. The van der Waals surface area contributed by atoms with Gasteiger partial charge in [0.05, 0.1) is 16.9 Å². The number of para-hydroxylation sites is 1. The normalized spacial score (nSPS) is 11.2. The lowest BCUT2D eigenvalue weighted by Crippen LogP contribution is -2.10. The van der Waals surface area contributed by atoms with Crippen molar-refractivity contribution in [3.05, 3.63) is 206 Å². The van der Waals surface area contributed by atoms with Gasteiger partial charge in [0, 0.05) is 33.4 Å². The summed E-state index contributed by atoms with van der Waals surface area (Å²) in [6.07, 6.45) is 0. The van der Waals surface area contributed by atoms with E-state index in [4.69, 9.17) is 0 Å². The Balaban J connectivity index is 1.22. The quantitative estimate of drug-likeness (QED) is 0.166. The van der Waals surface area contributed by atoms with Gasteiger partial charge in [0.1, 0.15) is 5.82 Å². The zero-order valence-corrected chi connectivity index (χ0v) is 27.8. The zero-order valence-electron chi connectivity index (χ0n) is 27.8. The molecular weight excluding hydrogens is 624 g/mol. The maximum Gasteiger partial charge on any atom is 0.123 e. The van der Waals surface area contributed by atoms with Crippen molar-refractivity contribution in [2.45, 2.75) is 0 Å².